The normalized spacial score (nSPS) is 14.2. The average Bonchev–Trinajstić information content (AvgIpc) is 2.77. The van der Waals surface area contributed by atoms with Gasteiger partial charge < -0.3 is 5.32 Å². The second-order valence-electron chi connectivity index (χ2n) is 3.05. The number of benzene rings is 1. The standard InChI is InChI=1S/C9H8ClFN4O/c10-6-3-5(1-2-7(6)11)14-9(16)8-12-4-13-15-8/h1-3,13H,4H2,(H,12,15)(H,14,16). The van der Waals surface area contributed by atoms with E-state index in [1.165, 1.54) is 18.2 Å². The number of rotatable bonds is 2. The van der Waals surface area contributed by atoms with Crippen molar-refractivity contribution in [2.45, 2.75) is 0 Å². The number of halogens is 2. The van der Waals surface area contributed by atoms with Crippen molar-refractivity contribution in [2.24, 2.45) is 4.99 Å². The number of nitrogens with zero attached hydrogens (tertiary/aromatic N) is 1. The first-order chi connectivity index (χ1) is 7.66. The first-order valence-electron chi connectivity index (χ1n) is 4.46. The Hall–Kier alpha value is -1.66. The van der Waals surface area contributed by atoms with Crippen LogP contribution in [0.1, 0.15) is 0 Å². The number of carbonyl (C=O) groups excluding carboxylic acids is 1. The first kappa shape index (κ1) is 10.8. The van der Waals surface area contributed by atoms with Gasteiger partial charge in [0.25, 0.3) is 5.91 Å². The van der Waals surface area contributed by atoms with Crippen molar-refractivity contribution in [1.82, 2.24) is 10.9 Å². The van der Waals surface area contributed by atoms with Crippen molar-refractivity contribution in [3.05, 3.63) is 29.0 Å². The number of amidine groups is 1. The van der Waals surface area contributed by atoms with Crippen LogP contribution in [0.4, 0.5) is 10.1 Å². The van der Waals surface area contributed by atoms with Crippen LogP contribution >= 0.6 is 11.6 Å². The minimum Gasteiger partial charge on any atom is -0.319 e. The molecular formula is C9H8ClFN4O. The summed E-state index contributed by atoms with van der Waals surface area (Å²) in [5.74, 6) is -0.759. The first-order valence-corrected chi connectivity index (χ1v) is 4.84. The molecular weight excluding hydrogens is 235 g/mol. The summed E-state index contributed by atoms with van der Waals surface area (Å²) in [7, 11) is 0. The Morgan fingerprint density at radius 1 is 1.56 bits per heavy atom. The van der Waals surface area contributed by atoms with Crippen LogP contribution in [0, 0.1) is 5.82 Å². The number of hydrogen-bond donors (Lipinski definition) is 3. The van der Waals surface area contributed by atoms with Gasteiger partial charge in [-0.05, 0) is 18.2 Å². The van der Waals surface area contributed by atoms with Gasteiger partial charge in [-0.3, -0.25) is 10.2 Å². The van der Waals surface area contributed by atoms with Gasteiger partial charge in [0.15, 0.2) is 0 Å². The van der Waals surface area contributed by atoms with Gasteiger partial charge in [-0.15, -0.1) is 0 Å². The third kappa shape index (κ3) is 2.29. The summed E-state index contributed by atoms with van der Waals surface area (Å²) in [6.45, 7) is 0.340. The lowest BCUT2D eigenvalue weighted by molar-refractivity contribution is -0.110. The maximum Gasteiger partial charge on any atom is 0.292 e. The van der Waals surface area contributed by atoms with E-state index in [2.05, 4.69) is 21.2 Å². The monoisotopic (exact) mass is 242 g/mol. The van der Waals surface area contributed by atoms with Crippen LogP contribution < -0.4 is 16.2 Å². The Kier molecular flexibility index (Phi) is 3.02. The van der Waals surface area contributed by atoms with Gasteiger partial charge in [0.05, 0.1) is 5.02 Å². The molecule has 0 saturated heterocycles. The highest BCUT2D eigenvalue weighted by atomic mass is 35.5. The van der Waals surface area contributed by atoms with E-state index in [-0.39, 0.29) is 10.9 Å². The van der Waals surface area contributed by atoms with E-state index in [9.17, 15) is 9.18 Å². The lowest BCUT2D eigenvalue weighted by Crippen LogP contribution is -2.37. The molecule has 0 spiro atoms. The highest BCUT2D eigenvalue weighted by Crippen LogP contribution is 2.19. The molecule has 0 atom stereocenters. The molecule has 0 aliphatic carbocycles. The van der Waals surface area contributed by atoms with Crippen molar-refractivity contribution < 1.29 is 9.18 Å². The van der Waals surface area contributed by atoms with E-state index in [0.29, 0.717) is 12.4 Å². The summed E-state index contributed by atoms with van der Waals surface area (Å²) < 4.78 is 12.8. The number of hydrogen-bond acceptors (Lipinski definition) is 4. The van der Waals surface area contributed by atoms with E-state index < -0.39 is 11.7 Å². The van der Waals surface area contributed by atoms with E-state index >= 15 is 0 Å². The van der Waals surface area contributed by atoms with Crippen molar-refractivity contribution in [2.75, 3.05) is 12.0 Å². The number of anilines is 1. The fourth-order valence-electron chi connectivity index (χ4n) is 1.17. The fourth-order valence-corrected chi connectivity index (χ4v) is 1.35. The minimum atomic E-state index is -0.530. The largest absolute Gasteiger partial charge is 0.319 e. The summed E-state index contributed by atoms with van der Waals surface area (Å²) in [6, 6.07) is 3.93. The van der Waals surface area contributed by atoms with Crippen LogP contribution in [0.3, 0.4) is 0 Å². The number of amides is 1. The highest BCUT2D eigenvalue weighted by molar-refractivity contribution is 6.42. The molecule has 0 bridgehead atoms. The number of hydrazine groups is 1. The van der Waals surface area contributed by atoms with Gasteiger partial charge in [-0.2, -0.15) is 0 Å². The van der Waals surface area contributed by atoms with Gasteiger partial charge in [-0.1, -0.05) is 11.6 Å². The van der Waals surface area contributed by atoms with Crippen molar-refractivity contribution in [3.8, 4) is 0 Å². The fraction of sp³-hybridized carbons (Fsp3) is 0.111. The van der Waals surface area contributed by atoms with Crippen molar-refractivity contribution in [3.63, 3.8) is 0 Å². The molecule has 5 nitrogen and oxygen atoms in total. The van der Waals surface area contributed by atoms with Gasteiger partial charge in [0.1, 0.15) is 12.5 Å². The number of carbonyl (C=O) groups is 1. The van der Waals surface area contributed by atoms with Crippen molar-refractivity contribution >= 4 is 29.0 Å². The predicted octanol–water partition coefficient (Wildman–Crippen LogP) is 0.881. The Balaban J connectivity index is 2.08. The molecule has 1 heterocycles. The second-order valence-corrected chi connectivity index (χ2v) is 3.46. The van der Waals surface area contributed by atoms with E-state index in [1.807, 2.05) is 0 Å². The Bertz CT molecular complexity index is 463. The topological polar surface area (TPSA) is 65.5 Å². The molecule has 1 aliphatic rings. The van der Waals surface area contributed by atoms with Crippen LogP contribution in [0.15, 0.2) is 23.2 Å². The second kappa shape index (κ2) is 4.46. The van der Waals surface area contributed by atoms with Crippen LogP contribution in [-0.2, 0) is 4.79 Å². The zero-order valence-electron chi connectivity index (χ0n) is 8.05. The van der Waals surface area contributed by atoms with Gasteiger partial charge in [0, 0.05) is 5.69 Å². The third-order valence-electron chi connectivity index (χ3n) is 1.92. The molecule has 0 saturated carbocycles. The molecule has 3 N–H and O–H groups in total. The van der Waals surface area contributed by atoms with Gasteiger partial charge in [0.2, 0.25) is 5.84 Å². The maximum absolute atomic E-state index is 12.8. The number of nitrogens with one attached hydrogen (secondary N) is 3. The number of aliphatic imine (C=N–C) groups is 1. The molecule has 84 valence electrons. The molecule has 16 heavy (non-hydrogen) atoms. The maximum atomic E-state index is 12.8. The highest BCUT2D eigenvalue weighted by Gasteiger charge is 2.14. The van der Waals surface area contributed by atoms with Gasteiger partial charge >= 0.3 is 0 Å². The van der Waals surface area contributed by atoms with Gasteiger partial charge in [-0.25, -0.2) is 14.8 Å². The lowest BCUT2D eigenvalue weighted by atomic mass is 10.3. The van der Waals surface area contributed by atoms with Crippen LogP contribution in [-0.4, -0.2) is 18.4 Å². The summed E-state index contributed by atoms with van der Waals surface area (Å²) in [5, 5.41) is 2.48. The molecule has 1 aromatic carbocycles. The zero-order valence-corrected chi connectivity index (χ0v) is 8.81. The quantitative estimate of drug-likeness (QED) is 0.721. The molecule has 0 fully saturated rings. The molecule has 0 aromatic heterocycles. The minimum absolute atomic E-state index is 0.0442. The smallest absolute Gasteiger partial charge is 0.292 e. The molecule has 0 radical (unpaired) electrons. The summed E-state index contributed by atoms with van der Waals surface area (Å²) in [4.78, 5) is 15.4. The summed E-state index contributed by atoms with van der Waals surface area (Å²) in [5.41, 5.74) is 5.65. The predicted molar refractivity (Wildman–Crippen MR) is 58.6 cm³/mol. The molecule has 0 unspecified atom stereocenters. The van der Waals surface area contributed by atoms with E-state index in [1.54, 1.807) is 0 Å². The molecule has 1 amide bonds. The molecule has 1 aliphatic heterocycles. The lowest BCUT2D eigenvalue weighted by Gasteiger charge is -2.05. The molecule has 1 aromatic rings. The Morgan fingerprint density at radius 2 is 2.38 bits per heavy atom. The average molecular weight is 243 g/mol. The van der Waals surface area contributed by atoms with E-state index in [0.717, 1.165) is 0 Å². The van der Waals surface area contributed by atoms with Crippen LogP contribution in [0.2, 0.25) is 5.02 Å². The zero-order chi connectivity index (χ0) is 11.5. The van der Waals surface area contributed by atoms with Crippen LogP contribution in [0.5, 0.6) is 0 Å². The Morgan fingerprint density at radius 3 is 3.00 bits per heavy atom. The molecule has 7 heteroatoms. The SMILES string of the molecule is O=C(Nc1ccc(F)c(Cl)c1)C1=NCNN1. The third-order valence-corrected chi connectivity index (χ3v) is 2.21. The summed E-state index contributed by atoms with van der Waals surface area (Å²) in [6.07, 6.45) is 0. The van der Waals surface area contributed by atoms with Crippen molar-refractivity contribution in [1.29, 1.82) is 0 Å². The molecule has 2 rings (SSSR count). The summed E-state index contributed by atoms with van der Waals surface area (Å²) >= 11 is 5.57. The van der Waals surface area contributed by atoms with Crippen LogP contribution in [0.25, 0.3) is 0 Å². The Labute approximate surface area is 95.7 Å². The van der Waals surface area contributed by atoms with E-state index in [4.69, 9.17) is 11.6 Å².